The second kappa shape index (κ2) is 7.72. The second-order valence-electron chi connectivity index (χ2n) is 6.85. The van der Waals surface area contributed by atoms with E-state index in [9.17, 15) is 18.0 Å². The van der Waals surface area contributed by atoms with E-state index in [1.807, 2.05) is 13.0 Å². The molecule has 0 aliphatic carbocycles. The van der Waals surface area contributed by atoms with Crippen LogP contribution in [0.5, 0.6) is 5.75 Å². The van der Waals surface area contributed by atoms with Crippen molar-refractivity contribution in [3.05, 3.63) is 40.2 Å². The van der Waals surface area contributed by atoms with Crippen LogP contribution in [-0.4, -0.2) is 50.4 Å². The van der Waals surface area contributed by atoms with Crippen molar-refractivity contribution in [1.29, 1.82) is 0 Å². The number of aryl methyl sites for hydroxylation is 1. The molecule has 1 amide bonds. The number of sulfone groups is 1. The van der Waals surface area contributed by atoms with Gasteiger partial charge in [-0.1, -0.05) is 13.3 Å². The van der Waals surface area contributed by atoms with Gasteiger partial charge in [-0.25, -0.2) is 13.2 Å². The van der Waals surface area contributed by atoms with Crippen LogP contribution in [0.2, 0.25) is 0 Å². The summed E-state index contributed by atoms with van der Waals surface area (Å²) < 4.78 is 33.9. The van der Waals surface area contributed by atoms with Crippen molar-refractivity contribution in [2.45, 2.75) is 32.2 Å². The molecule has 1 aliphatic rings. The molecule has 1 aromatic heterocycles. The van der Waals surface area contributed by atoms with Crippen molar-refractivity contribution < 1.29 is 22.4 Å². The zero-order valence-electron chi connectivity index (χ0n) is 15.4. The molecule has 0 bridgehead atoms. The van der Waals surface area contributed by atoms with Gasteiger partial charge in [0.2, 0.25) is 0 Å². The highest BCUT2D eigenvalue weighted by Gasteiger charge is 2.32. The zero-order chi connectivity index (χ0) is 19.6. The minimum atomic E-state index is -3.06. The molecule has 0 radical (unpaired) electrons. The van der Waals surface area contributed by atoms with Gasteiger partial charge in [0.15, 0.2) is 16.4 Å². The molecule has 3 rings (SSSR count). The Labute approximate surface area is 157 Å². The van der Waals surface area contributed by atoms with E-state index in [0.717, 1.165) is 23.8 Å². The van der Waals surface area contributed by atoms with Gasteiger partial charge in [-0.3, -0.25) is 4.79 Å². The number of carbonyl (C=O) groups is 1. The largest absolute Gasteiger partial charge is 0.484 e. The van der Waals surface area contributed by atoms with Crippen molar-refractivity contribution in [2.75, 3.05) is 25.2 Å². The molecule has 0 unspecified atom stereocenters. The third-order valence-electron chi connectivity index (χ3n) is 4.83. The summed E-state index contributed by atoms with van der Waals surface area (Å²) >= 11 is 0. The third-order valence-corrected chi connectivity index (χ3v) is 6.58. The Morgan fingerprint density at radius 1 is 1.33 bits per heavy atom. The van der Waals surface area contributed by atoms with Gasteiger partial charge in [0, 0.05) is 30.6 Å². The smallest absolute Gasteiger partial charge is 0.336 e. The van der Waals surface area contributed by atoms with E-state index in [2.05, 4.69) is 0 Å². The average molecular weight is 393 g/mol. The maximum absolute atomic E-state index is 12.3. The molecule has 0 saturated carbocycles. The first kappa shape index (κ1) is 19.4. The van der Waals surface area contributed by atoms with Crippen LogP contribution in [0.1, 0.15) is 25.3 Å². The summed E-state index contributed by atoms with van der Waals surface area (Å²) in [4.78, 5) is 25.5. The number of rotatable bonds is 6. The van der Waals surface area contributed by atoms with Gasteiger partial charge in [0.25, 0.3) is 5.91 Å². The van der Waals surface area contributed by atoms with Crippen LogP contribution in [0.4, 0.5) is 0 Å². The summed E-state index contributed by atoms with van der Waals surface area (Å²) in [7, 11) is -1.46. The third kappa shape index (κ3) is 4.50. The molecule has 1 saturated heterocycles. The van der Waals surface area contributed by atoms with E-state index in [1.54, 1.807) is 19.2 Å². The summed E-state index contributed by atoms with van der Waals surface area (Å²) in [6.07, 6.45) is 2.14. The maximum Gasteiger partial charge on any atom is 0.336 e. The molecule has 2 heterocycles. The van der Waals surface area contributed by atoms with Gasteiger partial charge < -0.3 is 14.1 Å². The van der Waals surface area contributed by atoms with Crippen molar-refractivity contribution in [1.82, 2.24) is 4.90 Å². The molecule has 1 aliphatic heterocycles. The quantitative estimate of drug-likeness (QED) is 0.695. The SMILES string of the molecule is CCCc1cc(=O)oc2cc(OCC(=O)N(C)[C@@H]3CCS(=O)(=O)C3)ccc12. The monoisotopic (exact) mass is 393 g/mol. The molecule has 0 N–H and O–H groups in total. The van der Waals surface area contributed by atoms with Gasteiger partial charge in [-0.05, 0) is 30.5 Å². The number of hydrogen-bond donors (Lipinski definition) is 0. The lowest BCUT2D eigenvalue weighted by Crippen LogP contribution is -2.40. The summed E-state index contributed by atoms with van der Waals surface area (Å²) in [5, 5.41) is 0.850. The van der Waals surface area contributed by atoms with Gasteiger partial charge in [0.05, 0.1) is 11.5 Å². The highest BCUT2D eigenvalue weighted by atomic mass is 32.2. The first-order valence-corrected chi connectivity index (χ1v) is 10.8. The van der Waals surface area contributed by atoms with Crippen molar-refractivity contribution in [3.8, 4) is 5.75 Å². The molecule has 8 heteroatoms. The molecular formula is C19H23NO6S. The molecule has 27 heavy (non-hydrogen) atoms. The highest BCUT2D eigenvalue weighted by Crippen LogP contribution is 2.24. The second-order valence-corrected chi connectivity index (χ2v) is 9.08. The number of ether oxygens (including phenoxy) is 1. The lowest BCUT2D eigenvalue weighted by molar-refractivity contribution is -0.133. The Morgan fingerprint density at radius 2 is 2.11 bits per heavy atom. The Bertz CT molecular complexity index is 1010. The molecule has 0 spiro atoms. The number of carbonyl (C=O) groups excluding carboxylic acids is 1. The number of nitrogens with zero attached hydrogens (tertiary/aromatic N) is 1. The predicted molar refractivity (Wildman–Crippen MR) is 102 cm³/mol. The van der Waals surface area contributed by atoms with Crippen LogP contribution in [0, 0.1) is 0 Å². The van der Waals surface area contributed by atoms with Crippen LogP contribution in [0.3, 0.4) is 0 Å². The summed E-state index contributed by atoms with van der Waals surface area (Å²) in [5.41, 5.74) is 0.932. The Morgan fingerprint density at radius 3 is 2.78 bits per heavy atom. The molecule has 1 aromatic carbocycles. The molecule has 2 aromatic rings. The number of benzene rings is 1. The van der Waals surface area contributed by atoms with E-state index < -0.39 is 15.5 Å². The molecule has 1 atom stereocenters. The molecular weight excluding hydrogens is 370 g/mol. The maximum atomic E-state index is 12.3. The zero-order valence-corrected chi connectivity index (χ0v) is 16.3. The highest BCUT2D eigenvalue weighted by molar-refractivity contribution is 7.91. The van der Waals surface area contributed by atoms with Gasteiger partial charge in [0.1, 0.15) is 11.3 Å². The van der Waals surface area contributed by atoms with E-state index >= 15 is 0 Å². The fourth-order valence-corrected chi connectivity index (χ4v) is 5.08. The lowest BCUT2D eigenvalue weighted by Gasteiger charge is -2.23. The van der Waals surface area contributed by atoms with Crippen LogP contribution in [0.15, 0.2) is 33.5 Å². The van der Waals surface area contributed by atoms with Gasteiger partial charge >= 0.3 is 5.63 Å². The minimum absolute atomic E-state index is 0.00340. The van der Waals surface area contributed by atoms with Crippen LogP contribution >= 0.6 is 0 Å². The van der Waals surface area contributed by atoms with Crippen LogP contribution in [-0.2, 0) is 21.1 Å². The Balaban J connectivity index is 1.70. The Hall–Kier alpha value is -2.35. The summed E-state index contributed by atoms with van der Waals surface area (Å²) in [6, 6.07) is 6.34. The standard InChI is InChI=1S/C19H23NO6S/c1-3-4-13-9-19(22)26-17-10-15(5-6-16(13)17)25-11-18(21)20(2)14-7-8-27(23,24)12-14/h5-6,9-10,14H,3-4,7-8,11-12H2,1-2H3/t14-/m1/s1. The van der Waals surface area contributed by atoms with E-state index in [-0.39, 0.29) is 30.1 Å². The summed E-state index contributed by atoms with van der Waals surface area (Å²) in [6.45, 7) is 1.83. The lowest BCUT2D eigenvalue weighted by atomic mass is 10.1. The van der Waals surface area contributed by atoms with Gasteiger partial charge in [-0.2, -0.15) is 0 Å². The number of amides is 1. The fourth-order valence-electron chi connectivity index (χ4n) is 3.31. The number of fused-ring (bicyclic) bond motifs is 1. The normalized spacial score (nSPS) is 18.5. The average Bonchev–Trinajstić information content (AvgIpc) is 2.98. The van der Waals surface area contributed by atoms with E-state index in [1.165, 1.54) is 11.0 Å². The first-order valence-electron chi connectivity index (χ1n) is 8.95. The number of likely N-dealkylation sites (N-methyl/N-ethyl adjacent to an activating group) is 1. The molecule has 1 fully saturated rings. The summed E-state index contributed by atoms with van der Waals surface area (Å²) in [5.74, 6) is 0.231. The number of hydrogen-bond acceptors (Lipinski definition) is 6. The van der Waals surface area contributed by atoms with Crippen molar-refractivity contribution >= 4 is 26.7 Å². The first-order chi connectivity index (χ1) is 12.8. The predicted octanol–water partition coefficient (Wildman–Crippen LogP) is 1.77. The Kier molecular flexibility index (Phi) is 5.55. The fraction of sp³-hybridized carbons (Fsp3) is 0.474. The van der Waals surface area contributed by atoms with E-state index in [4.69, 9.17) is 9.15 Å². The van der Waals surface area contributed by atoms with Gasteiger partial charge in [-0.15, -0.1) is 0 Å². The molecule has 146 valence electrons. The minimum Gasteiger partial charge on any atom is -0.484 e. The van der Waals surface area contributed by atoms with E-state index in [0.29, 0.717) is 17.8 Å². The van der Waals surface area contributed by atoms with Crippen LogP contribution < -0.4 is 10.4 Å². The van der Waals surface area contributed by atoms with Crippen LogP contribution in [0.25, 0.3) is 11.0 Å². The molecule has 7 nitrogen and oxygen atoms in total. The van der Waals surface area contributed by atoms with Crippen molar-refractivity contribution in [2.24, 2.45) is 0 Å². The van der Waals surface area contributed by atoms with Crippen molar-refractivity contribution in [3.63, 3.8) is 0 Å². The topological polar surface area (TPSA) is 93.9 Å².